The standard InChI is InChI=1S/C24H34N6O3/c1-4-29(20(32)12-6-5-9-13-26-16-31)14-19-28-21-22(30(19)15-24(2,3)33)17-10-7-8-11-18(17)27-23(21)25/h7-8,10-11,16,33H,4-6,9,12-15H2,1-3H3,(H2,25,27)(H,26,31). The van der Waals surface area contributed by atoms with Crippen molar-refractivity contribution in [2.75, 3.05) is 18.8 Å². The normalized spacial score (nSPS) is 11.8. The van der Waals surface area contributed by atoms with Gasteiger partial charge in [0.05, 0.1) is 29.7 Å². The average molecular weight is 455 g/mol. The molecule has 3 aromatic rings. The van der Waals surface area contributed by atoms with Crippen LogP contribution >= 0.6 is 0 Å². The number of aliphatic hydroxyl groups is 1. The van der Waals surface area contributed by atoms with Crippen molar-refractivity contribution < 1.29 is 14.7 Å². The smallest absolute Gasteiger partial charge is 0.222 e. The van der Waals surface area contributed by atoms with Crippen LogP contribution in [0.4, 0.5) is 5.82 Å². The molecule has 2 heterocycles. The molecule has 0 aliphatic heterocycles. The number of amides is 2. The van der Waals surface area contributed by atoms with E-state index in [2.05, 4.69) is 10.3 Å². The summed E-state index contributed by atoms with van der Waals surface area (Å²) >= 11 is 0. The molecule has 0 unspecified atom stereocenters. The summed E-state index contributed by atoms with van der Waals surface area (Å²) < 4.78 is 1.97. The number of pyridine rings is 1. The van der Waals surface area contributed by atoms with Crippen LogP contribution in [0, 0.1) is 0 Å². The van der Waals surface area contributed by atoms with Crippen LogP contribution in [0.5, 0.6) is 0 Å². The first kappa shape index (κ1) is 24.4. The van der Waals surface area contributed by atoms with Gasteiger partial charge in [0.1, 0.15) is 11.3 Å². The Kier molecular flexibility index (Phi) is 7.86. The second-order valence-corrected chi connectivity index (χ2v) is 8.93. The van der Waals surface area contributed by atoms with E-state index in [1.807, 2.05) is 35.8 Å². The number of nitrogen functional groups attached to an aromatic ring is 1. The highest BCUT2D eigenvalue weighted by atomic mass is 16.3. The Morgan fingerprint density at radius 2 is 2.00 bits per heavy atom. The molecule has 0 bridgehead atoms. The van der Waals surface area contributed by atoms with E-state index in [1.165, 1.54) is 0 Å². The predicted octanol–water partition coefficient (Wildman–Crippen LogP) is 2.59. The highest BCUT2D eigenvalue weighted by molar-refractivity contribution is 6.06. The second kappa shape index (κ2) is 10.6. The van der Waals surface area contributed by atoms with Gasteiger partial charge < -0.3 is 25.6 Å². The third kappa shape index (κ3) is 5.98. The molecule has 33 heavy (non-hydrogen) atoms. The van der Waals surface area contributed by atoms with Gasteiger partial charge in [-0.15, -0.1) is 0 Å². The molecule has 0 spiro atoms. The molecule has 4 N–H and O–H groups in total. The van der Waals surface area contributed by atoms with Crippen molar-refractivity contribution in [1.29, 1.82) is 0 Å². The predicted molar refractivity (Wildman–Crippen MR) is 129 cm³/mol. The lowest BCUT2D eigenvalue weighted by Gasteiger charge is -2.24. The van der Waals surface area contributed by atoms with E-state index < -0.39 is 5.60 Å². The third-order valence-electron chi connectivity index (χ3n) is 5.60. The van der Waals surface area contributed by atoms with E-state index in [0.717, 1.165) is 35.7 Å². The number of benzene rings is 1. The van der Waals surface area contributed by atoms with E-state index >= 15 is 0 Å². The van der Waals surface area contributed by atoms with Crippen LogP contribution in [0.2, 0.25) is 0 Å². The number of carbonyl (C=O) groups is 2. The molecule has 0 aliphatic rings. The van der Waals surface area contributed by atoms with Gasteiger partial charge in [0.2, 0.25) is 12.3 Å². The van der Waals surface area contributed by atoms with Gasteiger partial charge in [0.15, 0.2) is 5.82 Å². The summed E-state index contributed by atoms with van der Waals surface area (Å²) in [4.78, 5) is 34.2. The van der Waals surface area contributed by atoms with Crippen molar-refractivity contribution in [2.45, 2.75) is 65.1 Å². The highest BCUT2D eigenvalue weighted by Crippen LogP contribution is 2.30. The number of carbonyl (C=O) groups excluding carboxylic acids is 2. The zero-order valence-corrected chi connectivity index (χ0v) is 19.7. The van der Waals surface area contributed by atoms with Gasteiger partial charge in [-0.1, -0.05) is 24.6 Å². The first-order valence-corrected chi connectivity index (χ1v) is 11.5. The lowest BCUT2D eigenvalue weighted by molar-refractivity contribution is -0.131. The number of aromatic nitrogens is 3. The zero-order chi connectivity index (χ0) is 24.0. The van der Waals surface area contributed by atoms with Gasteiger partial charge >= 0.3 is 0 Å². The summed E-state index contributed by atoms with van der Waals surface area (Å²) in [7, 11) is 0. The number of anilines is 1. The van der Waals surface area contributed by atoms with Crippen molar-refractivity contribution in [3.8, 4) is 0 Å². The Morgan fingerprint density at radius 3 is 2.70 bits per heavy atom. The van der Waals surface area contributed by atoms with Crippen LogP contribution < -0.4 is 11.1 Å². The maximum atomic E-state index is 12.9. The van der Waals surface area contributed by atoms with Crippen LogP contribution in [-0.4, -0.2) is 55.5 Å². The minimum Gasteiger partial charge on any atom is -0.389 e. The van der Waals surface area contributed by atoms with Crippen LogP contribution in [0.25, 0.3) is 21.9 Å². The average Bonchev–Trinajstić information content (AvgIpc) is 3.11. The van der Waals surface area contributed by atoms with Gasteiger partial charge in [-0.3, -0.25) is 9.59 Å². The molecule has 9 heteroatoms. The monoisotopic (exact) mass is 454 g/mol. The molecule has 0 saturated heterocycles. The number of rotatable bonds is 12. The van der Waals surface area contributed by atoms with Crippen molar-refractivity contribution in [2.24, 2.45) is 0 Å². The summed E-state index contributed by atoms with van der Waals surface area (Å²) in [6.07, 6.45) is 3.61. The number of nitrogens with two attached hydrogens (primary N) is 1. The van der Waals surface area contributed by atoms with E-state index in [0.29, 0.717) is 56.2 Å². The van der Waals surface area contributed by atoms with Crippen LogP contribution in [0.15, 0.2) is 24.3 Å². The van der Waals surface area contributed by atoms with Crippen LogP contribution in [-0.2, 0) is 22.7 Å². The fourth-order valence-corrected chi connectivity index (χ4v) is 4.03. The number of para-hydroxylation sites is 1. The Labute approximate surface area is 194 Å². The van der Waals surface area contributed by atoms with Crippen molar-refractivity contribution in [1.82, 2.24) is 24.8 Å². The maximum Gasteiger partial charge on any atom is 0.222 e. The summed E-state index contributed by atoms with van der Waals surface area (Å²) in [5.41, 5.74) is 7.43. The number of hydrogen-bond donors (Lipinski definition) is 3. The van der Waals surface area contributed by atoms with Gasteiger partial charge in [0.25, 0.3) is 0 Å². The van der Waals surface area contributed by atoms with Gasteiger partial charge in [-0.25, -0.2) is 9.97 Å². The molecular formula is C24H34N6O3. The minimum atomic E-state index is -0.988. The van der Waals surface area contributed by atoms with E-state index in [-0.39, 0.29) is 5.91 Å². The van der Waals surface area contributed by atoms with E-state index in [1.54, 1.807) is 18.7 Å². The molecule has 2 aromatic heterocycles. The second-order valence-electron chi connectivity index (χ2n) is 8.93. The number of fused-ring (bicyclic) bond motifs is 3. The van der Waals surface area contributed by atoms with E-state index in [9.17, 15) is 14.7 Å². The first-order chi connectivity index (χ1) is 15.7. The maximum absolute atomic E-state index is 12.9. The Balaban J connectivity index is 1.90. The summed E-state index contributed by atoms with van der Waals surface area (Å²) in [6.45, 7) is 7.24. The Hall–Kier alpha value is -3.20. The Bertz CT molecular complexity index is 1120. The molecule has 178 valence electrons. The minimum absolute atomic E-state index is 0.0543. The molecule has 9 nitrogen and oxygen atoms in total. The van der Waals surface area contributed by atoms with Gasteiger partial charge in [-0.05, 0) is 39.7 Å². The van der Waals surface area contributed by atoms with Crippen molar-refractivity contribution in [3.63, 3.8) is 0 Å². The molecule has 1 aromatic carbocycles. The number of nitrogens with one attached hydrogen (secondary N) is 1. The topological polar surface area (TPSA) is 126 Å². The van der Waals surface area contributed by atoms with Crippen molar-refractivity contribution >= 4 is 40.1 Å². The molecule has 3 rings (SSSR count). The quantitative estimate of drug-likeness (QED) is 0.285. The molecule has 2 amide bonds. The molecular weight excluding hydrogens is 420 g/mol. The summed E-state index contributed by atoms with van der Waals surface area (Å²) in [5.74, 6) is 1.05. The van der Waals surface area contributed by atoms with Crippen molar-refractivity contribution in [3.05, 3.63) is 30.1 Å². The molecule has 0 saturated carbocycles. The SMILES string of the molecule is CCN(Cc1nc2c(N)nc3ccccc3c2n1CC(C)(C)O)C(=O)CCCCCNC=O. The largest absolute Gasteiger partial charge is 0.389 e. The summed E-state index contributed by atoms with van der Waals surface area (Å²) in [5, 5.41) is 14.2. The number of hydrogen-bond acceptors (Lipinski definition) is 6. The van der Waals surface area contributed by atoms with Crippen LogP contribution in [0.1, 0.15) is 52.3 Å². The van der Waals surface area contributed by atoms with Gasteiger partial charge in [-0.2, -0.15) is 0 Å². The molecule has 0 aliphatic carbocycles. The van der Waals surface area contributed by atoms with Gasteiger partial charge in [0, 0.05) is 24.9 Å². The number of unbranched alkanes of at least 4 members (excludes halogenated alkanes) is 2. The number of imidazole rings is 1. The molecule has 0 fully saturated rings. The summed E-state index contributed by atoms with van der Waals surface area (Å²) in [6, 6.07) is 7.72. The first-order valence-electron chi connectivity index (χ1n) is 11.5. The van der Waals surface area contributed by atoms with Crippen LogP contribution in [0.3, 0.4) is 0 Å². The Morgan fingerprint density at radius 1 is 1.24 bits per heavy atom. The fourth-order valence-electron chi connectivity index (χ4n) is 4.03. The fraction of sp³-hybridized carbons (Fsp3) is 0.500. The van der Waals surface area contributed by atoms with E-state index in [4.69, 9.17) is 10.7 Å². The molecule has 0 atom stereocenters. The lowest BCUT2D eigenvalue weighted by Crippen LogP contribution is -2.33. The lowest BCUT2D eigenvalue weighted by atomic mass is 10.1. The molecule has 0 radical (unpaired) electrons. The highest BCUT2D eigenvalue weighted by Gasteiger charge is 2.24. The third-order valence-corrected chi connectivity index (χ3v) is 5.60. The zero-order valence-electron chi connectivity index (χ0n) is 19.7. The number of nitrogens with zero attached hydrogens (tertiary/aromatic N) is 4.